The van der Waals surface area contributed by atoms with Gasteiger partial charge in [0.1, 0.15) is 5.60 Å². The first kappa shape index (κ1) is 14.5. The van der Waals surface area contributed by atoms with Gasteiger partial charge in [-0.25, -0.2) is 0 Å². The lowest BCUT2D eigenvalue weighted by atomic mass is 10.1. The van der Waals surface area contributed by atoms with Gasteiger partial charge in [0.05, 0.1) is 12.5 Å². The number of carbonyl (C=O) groups is 1. The molecule has 0 spiro atoms. The third-order valence-electron chi connectivity index (χ3n) is 2.95. The Bertz CT molecular complexity index is 248. The second-order valence-electron chi connectivity index (χ2n) is 5.80. The van der Waals surface area contributed by atoms with Gasteiger partial charge in [0, 0.05) is 13.1 Å². The highest BCUT2D eigenvalue weighted by Gasteiger charge is 2.24. The number of carbonyl (C=O) groups excluding carboxylic acids is 1. The van der Waals surface area contributed by atoms with Crippen molar-refractivity contribution in [3.63, 3.8) is 0 Å². The van der Waals surface area contributed by atoms with Crippen molar-refractivity contribution in [1.82, 2.24) is 5.32 Å². The van der Waals surface area contributed by atoms with Crippen LogP contribution in [0.1, 0.15) is 46.5 Å². The highest BCUT2D eigenvalue weighted by molar-refractivity contribution is 5.70. The van der Waals surface area contributed by atoms with E-state index in [4.69, 9.17) is 4.74 Å². The van der Waals surface area contributed by atoms with E-state index in [-0.39, 0.29) is 12.1 Å². The minimum Gasteiger partial charge on any atom is -0.460 e. The van der Waals surface area contributed by atoms with Crippen LogP contribution >= 0.6 is 0 Å². The summed E-state index contributed by atoms with van der Waals surface area (Å²) >= 11 is 0. The average Bonchev–Trinajstić information content (AvgIpc) is 2.56. The summed E-state index contributed by atoms with van der Waals surface area (Å²) in [7, 11) is 0. The van der Waals surface area contributed by atoms with Gasteiger partial charge in [-0.3, -0.25) is 4.79 Å². The molecule has 0 aromatic rings. The first-order valence-electron chi connectivity index (χ1n) is 6.49. The summed E-state index contributed by atoms with van der Waals surface area (Å²) in [4.78, 5) is 11.4. The summed E-state index contributed by atoms with van der Waals surface area (Å²) in [5.74, 6) is 0.186. The molecule has 0 amide bonds. The van der Waals surface area contributed by atoms with Crippen molar-refractivity contribution >= 4 is 5.97 Å². The zero-order valence-corrected chi connectivity index (χ0v) is 11.2. The Labute approximate surface area is 104 Å². The second kappa shape index (κ2) is 6.36. The quantitative estimate of drug-likeness (QED) is 0.567. The van der Waals surface area contributed by atoms with Crippen LogP contribution in [0.15, 0.2) is 0 Å². The van der Waals surface area contributed by atoms with E-state index in [0.29, 0.717) is 18.9 Å². The minimum absolute atomic E-state index is 0.163. The maximum Gasteiger partial charge on any atom is 0.307 e. The monoisotopic (exact) mass is 243 g/mol. The summed E-state index contributed by atoms with van der Waals surface area (Å²) in [5.41, 5.74) is -0.404. The van der Waals surface area contributed by atoms with E-state index in [1.165, 1.54) is 0 Å². The Hall–Kier alpha value is -0.610. The molecule has 4 heteroatoms. The molecule has 1 aliphatic rings. The van der Waals surface area contributed by atoms with Crippen molar-refractivity contribution in [2.45, 2.75) is 58.2 Å². The van der Waals surface area contributed by atoms with Crippen LogP contribution in [0.5, 0.6) is 0 Å². The normalized spacial score (nSPS) is 24.9. The van der Waals surface area contributed by atoms with Crippen molar-refractivity contribution in [1.29, 1.82) is 0 Å². The second-order valence-corrected chi connectivity index (χ2v) is 5.80. The fraction of sp³-hybridized carbons (Fsp3) is 0.923. The molecule has 1 aliphatic carbocycles. The van der Waals surface area contributed by atoms with Gasteiger partial charge in [-0.15, -0.1) is 0 Å². The first-order chi connectivity index (χ1) is 7.88. The van der Waals surface area contributed by atoms with Crippen LogP contribution < -0.4 is 5.32 Å². The van der Waals surface area contributed by atoms with Crippen molar-refractivity contribution < 1.29 is 14.6 Å². The van der Waals surface area contributed by atoms with E-state index < -0.39 is 5.60 Å². The van der Waals surface area contributed by atoms with Crippen LogP contribution in [0, 0.1) is 5.92 Å². The predicted octanol–water partition coefficient (Wildman–Crippen LogP) is 1.47. The van der Waals surface area contributed by atoms with Crippen LogP contribution in [0.2, 0.25) is 0 Å². The standard InChI is InChI=1S/C13H25NO3/c1-13(2,3)17-12(16)7-8-14-9-10-5-4-6-11(10)15/h10-11,14-15H,4-9H2,1-3H3. The van der Waals surface area contributed by atoms with Crippen molar-refractivity contribution in [2.75, 3.05) is 13.1 Å². The number of hydrogen-bond donors (Lipinski definition) is 2. The molecule has 0 aromatic carbocycles. The lowest BCUT2D eigenvalue weighted by Gasteiger charge is -2.20. The molecule has 17 heavy (non-hydrogen) atoms. The Morgan fingerprint density at radius 2 is 2.12 bits per heavy atom. The summed E-state index contributed by atoms with van der Waals surface area (Å²) < 4.78 is 5.20. The molecule has 2 N–H and O–H groups in total. The van der Waals surface area contributed by atoms with E-state index in [0.717, 1.165) is 25.8 Å². The van der Waals surface area contributed by atoms with Gasteiger partial charge in [0.15, 0.2) is 0 Å². The van der Waals surface area contributed by atoms with Crippen LogP contribution in [0.3, 0.4) is 0 Å². The number of aliphatic hydroxyl groups excluding tert-OH is 1. The molecule has 2 unspecified atom stereocenters. The lowest BCUT2D eigenvalue weighted by molar-refractivity contribution is -0.154. The van der Waals surface area contributed by atoms with Gasteiger partial charge >= 0.3 is 5.97 Å². The smallest absolute Gasteiger partial charge is 0.307 e. The van der Waals surface area contributed by atoms with Gasteiger partial charge in [0.2, 0.25) is 0 Å². The Morgan fingerprint density at radius 1 is 1.41 bits per heavy atom. The summed E-state index contributed by atoms with van der Waals surface area (Å²) in [6, 6.07) is 0. The molecule has 0 bridgehead atoms. The largest absolute Gasteiger partial charge is 0.460 e. The fourth-order valence-corrected chi connectivity index (χ4v) is 2.13. The summed E-state index contributed by atoms with van der Waals surface area (Å²) in [6.45, 7) is 7.02. The fourth-order valence-electron chi connectivity index (χ4n) is 2.13. The van der Waals surface area contributed by atoms with Crippen molar-refractivity contribution in [2.24, 2.45) is 5.92 Å². The molecule has 0 radical (unpaired) electrons. The number of hydrogen-bond acceptors (Lipinski definition) is 4. The molecule has 4 nitrogen and oxygen atoms in total. The minimum atomic E-state index is -0.404. The predicted molar refractivity (Wildman–Crippen MR) is 66.7 cm³/mol. The first-order valence-corrected chi connectivity index (χ1v) is 6.49. The maximum absolute atomic E-state index is 11.4. The maximum atomic E-state index is 11.4. The van der Waals surface area contributed by atoms with Crippen LogP contribution in [0.25, 0.3) is 0 Å². The molecular formula is C13H25NO3. The molecular weight excluding hydrogens is 218 g/mol. The zero-order valence-electron chi connectivity index (χ0n) is 11.2. The van der Waals surface area contributed by atoms with E-state index in [2.05, 4.69) is 5.32 Å². The van der Waals surface area contributed by atoms with E-state index in [1.807, 2.05) is 20.8 Å². The molecule has 0 aromatic heterocycles. The molecule has 1 rings (SSSR count). The van der Waals surface area contributed by atoms with Crippen LogP contribution in [0.4, 0.5) is 0 Å². The third-order valence-corrected chi connectivity index (χ3v) is 2.95. The highest BCUT2D eigenvalue weighted by atomic mass is 16.6. The van der Waals surface area contributed by atoms with Gasteiger partial charge in [-0.05, 0) is 39.5 Å². The number of ether oxygens (including phenoxy) is 1. The molecule has 0 saturated heterocycles. The molecule has 2 atom stereocenters. The van der Waals surface area contributed by atoms with Gasteiger partial charge in [-0.1, -0.05) is 6.42 Å². The number of aliphatic hydroxyl groups is 1. The van der Waals surface area contributed by atoms with Gasteiger partial charge in [-0.2, -0.15) is 0 Å². The molecule has 0 aliphatic heterocycles. The zero-order chi connectivity index (χ0) is 12.9. The highest BCUT2D eigenvalue weighted by Crippen LogP contribution is 2.24. The van der Waals surface area contributed by atoms with Crippen LogP contribution in [-0.4, -0.2) is 35.9 Å². The van der Waals surface area contributed by atoms with Gasteiger partial charge < -0.3 is 15.2 Å². The summed E-state index contributed by atoms with van der Waals surface area (Å²) in [5, 5.41) is 12.8. The van der Waals surface area contributed by atoms with E-state index >= 15 is 0 Å². The molecule has 1 saturated carbocycles. The van der Waals surface area contributed by atoms with E-state index in [9.17, 15) is 9.90 Å². The third kappa shape index (κ3) is 6.03. The topological polar surface area (TPSA) is 58.6 Å². The van der Waals surface area contributed by atoms with E-state index in [1.54, 1.807) is 0 Å². The molecule has 100 valence electrons. The number of nitrogens with one attached hydrogen (secondary N) is 1. The number of rotatable bonds is 5. The molecule has 1 fully saturated rings. The lowest BCUT2D eigenvalue weighted by Crippen LogP contribution is -2.31. The summed E-state index contributed by atoms with van der Waals surface area (Å²) in [6.07, 6.45) is 3.34. The van der Waals surface area contributed by atoms with Crippen molar-refractivity contribution in [3.8, 4) is 0 Å². The Balaban J connectivity index is 2.06. The average molecular weight is 243 g/mol. The Kier molecular flexibility index (Phi) is 5.40. The SMILES string of the molecule is CC(C)(C)OC(=O)CCNCC1CCCC1O. The number of esters is 1. The Morgan fingerprint density at radius 3 is 2.65 bits per heavy atom. The van der Waals surface area contributed by atoms with Crippen molar-refractivity contribution in [3.05, 3.63) is 0 Å². The van der Waals surface area contributed by atoms with Gasteiger partial charge in [0.25, 0.3) is 0 Å². The molecule has 0 heterocycles. The van der Waals surface area contributed by atoms with Crippen LogP contribution in [-0.2, 0) is 9.53 Å².